The molecule has 3 atom stereocenters. The summed E-state index contributed by atoms with van der Waals surface area (Å²) in [6.07, 6.45) is 6.29. The Morgan fingerprint density at radius 2 is 1.89 bits per heavy atom. The van der Waals surface area contributed by atoms with Crippen molar-refractivity contribution in [3.8, 4) is 11.8 Å². The van der Waals surface area contributed by atoms with Gasteiger partial charge in [-0.15, -0.1) is 0 Å². The van der Waals surface area contributed by atoms with Gasteiger partial charge in [0.2, 0.25) is 0 Å². The zero-order valence-electron chi connectivity index (χ0n) is 12.4. The van der Waals surface area contributed by atoms with Gasteiger partial charge in [0.1, 0.15) is 0 Å². The highest BCUT2D eigenvalue weighted by atomic mass is 15.2. The van der Waals surface area contributed by atoms with Crippen molar-refractivity contribution in [2.45, 2.75) is 47.0 Å². The third kappa shape index (κ3) is 3.10. The Morgan fingerprint density at radius 1 is 1.28 bits per heavy atom. The molecule has 2 unspecified atom stereocenters. The minimum atomic E-state index is 0.431. The predicted molar refractivity (Wildman–Crippen MR) is 77.9 cm³/mol. The second-order valence-electron chi connectivity index (χ2n) is 6.24. The first-order chi connectivity index (χ1) is 8.63. The van der Waals surface area contributed by atoms with Crippen LogP contribution in [0.2, 0.25) is 0 Å². The highest BCUT2D eigenvalue weighted by Gasteiger charge is 2.31. The first kappa shape index (κ1) is 13.5. The first-order valence-electron chi connectivity index (χ1n) is 7.55. The van der Waals surface area contributed by atoms with Crippen LogP contribution in [0.1, 0.15) is 47.0 Å². The molecule has 0 radical (unpaired) electrons. The molecule has 1 aliphatic heterocycles. The summed E-state index contributed by atoms with van der Waals surface area (Å²) >= 11 is 0. The van der Waals surface area contributed by atoms with Crippen LogP contribution in [-0.2, 0) is 0 Å². The fourth-order valence-corrected chi connectivity index (χ4v) is 2.84. The first-order valence-corrected chi connectivity index (χ1v) is 7.55. The van der Waals surface area contributed by atoms with Crippen LogP contribution in [0.4, 0.5) is 0 Å². The molecular weight excluding hydrogens is 218 g/mol. The van der Waals surface area contributed by atoms with Gasteiger partial charge < -0.3 is 4.90 Å². The van der Waals surface area contributed by atoms with Gasteiger partial charge >= 0.3 is 0 Å². The number of hydrogen-bond acceptors (Lipinski definition) is 1. The quantitative estimate of drug-likeness (QED) is 0.681. The molecular formula is C17H27N. The van der Waals surface area contributed by atoms with E-state index in [-0.39, 0.29) is 0 Å². The summed E-state index contributed by atoms with van der Waals surface area (Å²) in [5, 5.41) is 0. The summed E-state index contributed by atoms with van der Waals surface area (Å²) in [5.74, 6) is 9.65. The van der Waals surface area contributed by atoms with Gasteiger partial charge in [0.25, 0.3) is 0 Å². The Balaban J connectivity index is 2.09. The van der Waals surface area contributed by atoms with Gasteiger partial charge in [-0.3, -0.25) is 0 Å². The molecule has 2 rings (SSSR count). The van der Waals surface area contributed by atoms with E-state index in [0.717, 1.165) is 5.92 Å². The van der Waals surface area contributed by atoms with Gasteiger partial charge in [0.05, 0.1) is 5.92 Å². The summed E-state index contributed by atoms with van der Waals surface area (Å²) in [7, 11) is 0. The van der Waals surface area contributed by atoms with Crippen molar-refractivity contribution in [2.75, 3.05) is 13.1 Å². The van der Waals surface area contributed by atoms with E-state index < -0.39 is 0 Å². The molecule has 1 heteroatoms. The monoisotopic (exact) mass is 245 g/mol. The van der Waals surface area contributed by atoms with Crippen molar-refractivity contribution in [3.05, 3.63) is 11.8 Å². The number of nitrogens with zero attached hydrogens (tertiary/aromatic N) is 1. The van der Waals surface area contributed by atoms with Crippen LogP contribution in [0.3, 0.4) is 0 Å². The Bertz CT molecular complexity index is 363. The third-order valence-corrected chi connectivity index (χ3v) is 4.29. The average Bonchev–Trinajstić information content (AvgIpc) is 2.81. The van der Waals surface area contributed by atoms with E-state index in [2.05, 4.69) is 50.5 Å². The molecule has 0 amide bonds. The molecule has 0 bridgehead atoms. The van der Waals surface area contributed by atoms with E-state index in [4.69, 9.17) is 0 Å². The van der Waals surface area contributed by atoms with Crippen molar-refractivity contribution >= 4 is 0 Å². The van der Waals surface area contributed by atoms with Crippen LogP contribution < -0.4 is 0 Å². The van der Waals surface area contributed by atoms with Gasteiger partial charge in [-0.05, 0) is 38.0 Å². The molecule has 0 spiro atoms. The van der Waals surface area contributed by atoms with Crippen LogP contribution in [0, 0.1) is 35.5 Å². The van der Waals surface area contributed by atoms with E-state index in [0.29, 0.717) is 17.8 Å². The van der Waals surface area contributed by atoms with Crippen molar-refractivity contribution in [1.82, 2.24) is 4.90 Å². The largest absolute Gasteiger partial charge is 0.374 e. The molecule has 100 valence electrons. The second kappa shape index (κ2) is 5.83. The van der Waals surface area contributed by atoms with Crippen molar-refractivity contribution < 1.29 is 0 Å². The summed E-state index contributed by atoms with van der Waals surface area (Å²) in [4.78, 5) is 2.55. The maximum atomic E-state index is 3.58. The molecule has 1 heterocycles. The van der Waals surface area contributed by atoms with E-state index in [1.807, 2.05) is 0 Å². The SMILES string of the molecule is CC=C([C@@H](C#CC1CC1C)C(C)C)N1CCCC1. The Morgan fingerprint density at radius 3 is 2.33 bits per heavy atom. The lowest BCUT2D eigenvalue weighted by Gasteiger charge is -2.28. The Hall–Kier alpha value is -0.900. The molecule has 18 heavy (non-hydrogen) atoms. The van der Waals surface area contributed by atoms with E-state index in [1.54, 1.807) is 0 Å². The molecule has 1 nitrogen and oxygen atoms in total. The molecule has 1 saturated carbocycles. The normalized spacial score (nSPS) is 29.2. The molecule has 2 fully saturated rings. The van der Waals surface area contributed by atoms with Crippen LogP contribution >= 0.6 is 0 Å². The fourth-order valence-electron chi connectivity index (χ4n) is 2.84. The summed E-state index contributed by atoms with van der Waals surface area (Å²) in [6, 6.07) is 0. The highest BCUT2D eigenvalue weighted by Crippen LogP contribution is 2.37. The highest BCUT2D eigenvalue weighted by molar-refractivity contribution is 5.23. The smallest absolute Gasteiger partial charge is 0.0621 e. The lowest BCUT2D eigenvalue weighted by atomic mass is 9.91. The zero-order valence-corrected chi connectivity index (χ0v) is 12.4. The molecule has 0 aromatic rings. The molecule has 0 aromatic heterocycles. The second-order valence-corrected chi connectivity index (χ2v) is 6.24. The van der Waals surface area contributed by atoms with E-state index >= 15 is 0 Å². The molecule has 2 aliphatic rings. The molecule has 0 N–H and O–H groups in total. The van der Waals surface area contributed by atoms with Gasteiger partial charge in [-0.2, -0.15) is 0 Å². The summed E-state index contributed by atoms with van der Waals surface area (Å²) in [6.45, 7) is 11.5. The van der Waals surface area contributed by atoms with Gasteiger partial charge in [0.15, 0.2) is 0 Å². The van der Waals surface area contributed by atoms with Crippen LogP contribution in [0.5, 0.6) is 0 Å². The minimum absolute atomic E-state index is 0.431. The molecule has 1 saturated heterocycles. The number of hydrogen-bond donors (Lipinski definition) is 0. The third-order valence-electron chi connectivity index (χ3n) is 4.29. The van der Waals surface area contributed by atoms with Gasteiger partial charge in [0, 0.05) is 24.7 Å². The zero-order chi connectivity index (χ0) is 13.1. The van der Waals surface area contributed by atoms with Crippen molar-refractivity contribution in [3.63, 3.8) is 0 Å². The predicted octanol–water partition coefficient (Wildman–Crippen LogP) is 3.92. The Kier molecular flexibility index (Phi) is 4.38. The van der Waals surface area contributed by atoms with Crippen molar-refractivity contribution in [1.29, 1.82) is 0 Å². The van der Waals surface area contributed by atoms with Gasteiger partial charge in [-0.25, -0.2) is 0 Å². The number of likely N-dealkylation sites (tertiary alicyclic amines) is 1. The van der Waals surface area contributed by atoms with Crippen LogP contribution in [-0.4, -0.2) is 18.0 Å². The maximum Gasteiger partial charge on any atom is 0.0621 e. The van der Waals surface area contributed by atoms with Crippen LogP contribution in [0.15, 0.2) is 11.8 Å². The summed E-state index contributed by atoms with van der Waals surface area (Å²) < 4.78 is 0. The standard InChI is InChI=1S/C17H27N/c1-5-17(18-10-6-7-11-18)16(13(2)3)9-8-15-12-14(15)4/h5,13-16H,6-7,10-12H2,1-4H3/t14?,15?,16-/m0/s1. The topological polar surface area (TPSA) is 3.24 Å². The number of rotatable bonds is 3. The lowest BCUT2D eigenvalue weighted by molar-refractivity contribution is 0.352. The van der Waals surface area contributed by atoms with E-state index in [1.165, 1.54) is 38.0 Å². The van der Waals surface area contributed by atoms with Gasteiger partial charge in [-0.1, -0.05) is 38.7 Å². The lowest BCUT2D eigenvalue weighted by Crippen LogP contribution is -2.26. The molecule has 0 aromatic carbocycles. The fraction of sp³-hybridized carbons (Fsp3) is 0.765. The van der Waals surface area contributed by atoms with Crippen LogP contribution in [0.25, 0.3) is 0 Å². The minimum Gasteiger partial charge on any atom is -0.374 e. The summed E-state index contributed by atoms with van der Waals surface area (Å²) in [5.41, 5.74) is 1.48. The van der Waals surface area contributed by atoms with E-state index in [9.17, 15) is 0 Å². The Labute approximate surface area is 113 Å². The molecule has 1 aliphatic carbocycles. The average molecular weight is 245 g/mol. The number of allylic oxidation sites excluding steroid dienone is 2. The van der Waals surface area contributed by atoms with Crippen molar-refractivity contribution in [2.24, 2.45) is 23.7 Å². The maximum absolute atomic E-state index is 3.58.